The van der Waals surface area contributed by atoms with Crippen molar-refractivity contribution in [1.82, 2.24) is 15.8 Å². The Morgan fingerprint density at radius 3 is 2.54 bits per heavy atom. The Bertz CT molecular complexity index is 886. The van der Waals surface area contributed by atoms with Crippen LogP contribution in [0.3, 0.4) is 0 Å². The van der Waals surface area contributed by atoms with Gasteiger partial charge < -0.3 is 0 Å². The summed E-state index contributed by atoms with van der Waals surface area (Å²) in [6, 6.07) is 14.1. The predicted octanol–water partition coefficient (Wildman–Crippen LogP) is 3.42. The van der Waals surface area contributed by atoms with Crippen LogP contribution in [-0.4, -0.2) is 16.8 Å². The molecule has 0 saturated carbocycles. The Balaban J connectivity index is 1.57. The van der Waals surface area contributed by atoms with E-state index in [9.17, 15) is 9.59 Å². The van der Waals surface area contributed by atoms with E-state index in [1.165, 1.54) is 17.4 Å². The highest BCUT2D eigenvalue weighted by Crippen LogP contribution is 2.22. The van der Waals surface area contributed by atoms with Crippen LogP contribution in [0.5, 0.6) is 0 Å². The Morgan fingerprint density at radius 1 is 1.04 bits per heavy atom. The molecular formula is C17H12ClN3O2S. The summed E-state index contributed by atoms with van der Waals surface area (Å²) in [5, 5.41) is 1.25. The summed E-state index contributed by atoms with van der Waals surface area (Å²) < 4.78 is 1.05. The van der Waals surface area contributed by atoms with Crippen molar-refractivity contribution >= 4 is 51.0 Å². The molecule has 2 amide bonds. The maximum atomic E-state index is 11.8. The van der Waals surface area contributed by atoms with Gasteiger partial charge in [-0.05, 0) is 42.5 Å². The molecule has 3 rings (SSSR count). The molecule has 1 heterocycles. The number of thiazole rings is 1. The highest BCUT2D eigenvalue weighted by molar-refractivity contribution is 7.19. The van der Waals surface area contributed by atoms with E-state index in [0.29, 0.717) is 10.6 Å². The first-order valence-corrected chi connectivity index (χ1v) is 8.21. The van der Waals surface area contributed by atoms with E-state index < -0.39 is 11.8 Å². The molecule has 0 aliphatic heterocycles. The third kappa shape index (κ3) is 3.98. The number of nitrogens with zero attached hydrogens (tertiary/aromatic N) is 1. The van der Waals surface area contributed by atoms with Gasteiger partial charge in [0.05, 0.1) is 10.2 Å². The second kappa shape index (κ2) is 7.25. The Labute approximate surface area is 146 Å². The number of halogens is 1. The number of hydrazine groups is 1. The van der Waals surface area contributed by atoms with Crippen molar-refractivity contribution in [2.75, 3.05) is 0 Å². The highest BCUT2D eigenvalue weighted by Gasteiger charge is 2.06. The minimum Gasteiger partial charge on any atom is -0.268 e. The summed E-state index contributed by atoms with van der Waals surface area (Å²) >= 11 is 7.24. The monoisotopic (exact) mass is 357 g/mol. The molecule has 0 spiro atoms. The number of aromatic nitrogens is 1. The molecule has 5 nitrogen and oxygen atoms in total. The van der Waals surface area contributed by atoms with Crippen LogP contribution in [0.4, 0.5) is 0 Å². The van der Waals surface area contributed by atoms with Crippen molar-refractivity contribution in [2.45, 2.75) is 0 Å². The lowest BCUT2D eigenvalue weighted by Gasteiger charge is -2.05. The molecule has 0 bridgehead atoms. The molecule has 1 aromatic heterocycles. The van der Waals surface area contributed by atoms with E-state index in [4.69, 9.17) is 11.6 Å². The molecule has 24 heavy (non-hydrogen) atoms. The molecular weight excluding hydrogens is 346 g/mol. The third-order valence-corrected chi connectivity index (χ3v) is 4.35. The van der Waals surface area contributed by atoms with Crippen LogP contribution in [0.25, 0.3) is 16.3 Å². The number of amides is 2. The van der Waals surface area contributed by atoms with Crippen molar-refractivity contribution in [3.8, 4) is 0 Å². The van der Waals surface area contributed by atoms with Gasteiger partial charge in [-0.25, -0.2) is 4.98 Å². The van der Waals surface area contributed by atoms with Gasteiger partial charge in [-0.15, -0.1) is 11.3 Å². The first-order valence-electron chi connectivity index (χ1n) is 7.01. The number of hydrogen-bond donors (Lipinski definition) is 2. The van der Waals surface area contributed by atoms with Gasteiger partial charge in [0, 0.05) is 16.7 Å². The lowest BCUT2D eigenvalue weighted by molar-refractivity contribution is -0.117. The average Bonchev–Trinajstić information content (AvgIpc) is 3.01. The third-order valence-electron chi connectivity index (χ3n) is 3.09. The van der Waals surface area contributed by atoms with Crippen molar-refractivity contribution in [2.24, 2.45) is 0 Å². The normalized spacial score (nSPS) is 10.9. The number of carbonyl (C=O) groups is 2. The first kappa shape index (κ1) is 16.2. The number of rotatable bonds is 3. The fourth-order valence-electron chi connectivity index (χ4n) is 1.94. The van der Waals surface area contributed by atoms with Gasteiger partial charge in [0.2, 0.25) is 0 Å². The molecule has 0 aliphatic carbocycles. The first-order chi connectivity index (χ1) is 11.6. The van der Waals surface area contributed by atoms with E-state index in [-0.39, 0.29) is 0 Å². The summed E-state index contributed by atoms with van der Waals surface area (Å²) in [7, 11) is 0. The predicted molar refractivity (Wildman–Crippen MR) is 95.7 cm³/mol. The van der Waals surface area contributed by atoms with E-state index >= 15 is 0 Å². The maximum absolute atomic E-state index is 11.8. The Hall–Kier alpha value is -2.70. The summed E-state index contributed by atoms with van der Waals surface area (Å²) in [5.41, 5.74) is 5.93. The van der Waals surface area contributed by atoms with Gasteiger partial charge in [0.15, 0.2) is 0 Å². The Kier molecular flexibility index (Phi) is 4.88. The summed E-state index contributed by atoms with van der Waals surface area (Å²) in [6.07, 6.45) is 2.92. The molecule has 0 saturated heterocycles. The molecule has 0 aliphatic rings. The molecule has 0 radical (unpaired) electrons. The topological polar surface area (TPSA) is 71.1 Å². The van der Waals surface area contributed by atoms with Crippen LogP contribution in [0.1, 0.15) is 15.4 Å². The number of para-hydroxylation sites is 1. The second-order valence-electron chi connectivity index (χ2n) is 4.80. The lowest BCUT2D eigenvalue weighted by Crippen LogP contribution is -2.40. The summed E-state index contributed by atoms with van der Waals surface area (Å²) in [4.78, 5) is 28.0. The Morgan fingerprint density at radius 2 is 1.79 bits per heavy atom. The van der Waals surface area contributed by atoms with Gasteiger partial charge in [-0.1, -0.05) is 23.7 Å². The van der Waals surface area contributed by atoms with Crippen LogP contribution in [0.2, 0.25) is 5.02 Å². The number of carbonyl (C=O) groups excluding carboxylic acids is 2. The van der Waals surface area contributed by atoms with Gasteiger partial charge in [-0.3, -0.25) is 20.4 Å². The molecule has 2 N–H and O–H groups in total. The number of hydrogen-bond acceptors (Lipinski definition) is 4. The maximum Gasteiger partial charge on any atom is 0.269 e. The summed E-state index contributed by atoms with van der Waals surface area (Å²) in [5.74, 6) is -0.870. The smallest absolute Gasteiger partial charge is 0.268 e. The number of fused-ring (bicyclic) bond motifs is 1. The molecule has 7 heteroatoms. The van der Waals surface area contributed by atoms with Crippen molar-refractivity contribution in [3.63, 3.8) is 0 Å². The van der Waals surface area contributed by atoms with Gasteiger partial charge in [-0.2, -0.15) is 0 Å². The van der Waals surface area contributed by atoms with E-state index in [1.54, 1.807) is 30.3 Å². The van der Waals surface area contributed by atoms with Gasteiger partial charge in [0.1, 0.15) is 5.01 Å². The van der Waals surface area contributed by atoms with Crippen LogP contribution in [0, 0.1) is 0 Å². The molecule has 2 aromatic carbocycles. The van der Waals surface area contributed by atoms with E-state index in [0.717, 1.165) is 15.2 Å². The van der Waals surface area contributed by atoms with Crippen LogP contribution in [0.15, 0.2) is 54.6 Å². The minimum atomic E-state index is -0.448. The summed E-state index contributed by atoms with van der Waals surface area (Å²) in [6.45, 7) is 0. The van der Waals surface area contributed by atoms with Gasteiger partial charge in [0.25, 0.3) is 11.8 Å². The lowest BCUT2D eigenvalue weighted by atomic mass is 10.2. The van der Waals surface area contributed by atoms with E-state index in [1.807, 2.05) is 24.3 Å². The molecule has 120 valence electrons. The zero-order chi connectivity index (χ0) is 16.9. The van der Waals surface area contributed by atoms with E-state index in [2.05, 4.69) is 15.8 Å². The fraction of sp³-hybridized carbons (Fsp3) is 0. The SMILES string of the molecule is O=C(C=Cc1nc2ccccc2s1)NNC(=O)c1ccc(Cl)cc1. The van der Waals surface area contributed by atoms with Crippen LogP contribution in [-0.2, 0) is 4.79 Å². The molecule has 0 unspecified atom stereocenters. The molecule has 0 atom stereocenters. The zero-order valence-corrected chi connectivity index (χ0v) is 13.9. The minimum absolute atomic E-state index is 0.398. The van der Waals surface area contributed by atoms with Crippen molar-refractivity contribution < 1.29 is 9.59 Å². The molecule has 3 aromatic rings. The standard InChI is InChI=1S/C17H12ClN3O2S/c18-12-7-5-11(6-8-12)17(23)21-20-15(22)9-10-16-19-13-3-1-2-4-14(13)24-16/h1-10H,(H,20,22)(H,21,23). The largest absolute Gasteiger partial charge is 0.269 e. The van der Waals surface area contributed by atoms with Crippen LogP contribution < -0.4 is 10.9 Å². The molecule has 0 fully saturated rings. The van der Waals surface area contributed by atoms with Crippen LogP contribution >= 0.6 is 22.9 Å². The zero-order valence-electron chi connectivity index (χ0n) is 12.3. The van der Waals surface area contributed by atoms with Crippen molar-refractivity contribution in [1.29, 1.82) is 0 Å². The number of benzene rings is 2. The fourth-order valence-corrected chi connectivity index (χ4v) is 2.94. The van der Waals surface area contributed by atoms with Crippen molar-refractivity contribution in [3.05, 3.63) is 70.2 Å². The second-order valence-corrected chi connectivity index (χ2v) is 6.30. The average molecular weight is 358 g/mol. The number of nitrogens with one attached hydrogen (secondary N) is 2. The highest BCUT2D eigenvalue weighted by atomic mass is 35.5. The quantitative estimate of drug-likeness (QED) is 0.557. The van der Waals surface area contributed by atoms with Gasteiger partial charge >= 0.3 is 0 Å².